The van der Waals surface area contributed by atoms with Crippen LogP contribution < -0.4 is 5.32 Å². The van der Waals surface area contributed by atoms with Crippen molar-refractivity contribution in [2.45, 2.75) is 6.54 Å². The Morgan fingerprint density at radius 2 is 1.75 bits per heavy atom. The summed E-state index contributed by atoms with van der Waals surface area (Å²) in [5.41, 5.74) is 1.49. The van der Waals surface area contributed by atoms with Crippen LogP contribution in [0.3, 0.4) is 0 Å². The van der Waals surface area contributed by atoms with E-state index in [-0.39, 0.29) is 17.9 Å². The van der Waals surface area contributed by atoms with Gasteiger partial charge >= 0.3 is 6.09 Å². The number of hydrogen-bond donors (Lipinski definition) is 1. The molecule has 1 spiro atoms. The van der Waals surface area contributed by atoms with Crippen molar-refractivity contribution in [1.29, 1.82) is 0 Å². The zero-order valence-electron chi connectivity index (χ0n) is 15.0. The molecule has 2 heterocycles. The Bertz CT molecular complexity index is 893. The minimum Gasteiger partial charge on any atom is -0.351 e. The number of halogens is 2. The maximum absolute atomic E-state index is 12.4. The lowest BCUT2D eigenvalue weighted by Gasteiger charge is -2.58. The van der Waals surface area contributed by atoms with E-state index in [2.05, 4.69) is 5.32 Å². The quantitative estimate of drug-likeness (QED) is 0.822. The van der Waals surface area contributed by atoms with E-state index in [1.165, 1.54) is 0 Å². The summed E-state index contributed by atoms with van der Waals surface area (Å²) in [5, 5.41) is 5.33. The van der Waals surface area contributed by atoms with Crippen LogP contribution >= 0.6 is 23.2 Å². The molecule has 146 valence electrons. The van der Waals surface area contributed by atoms with E-state index in [0.29, 0.717) is 41.8 Å². The maximum Gasteiger partial charge on any atom is 0.426 e. The summed E-state index contributed by atoms with van der Waals surface area (Å²) < 4.78 is 0. The van der Waals surface area contributed by atoms with Crippen molar-refractivity contribution in [3.05, 3.63) is 69.7 Å². The van der Waals surface area contributed by atoms with E-state index < -0.39 is 6.09 Å². The van der Waals surface area contributed by atoms with Crippen molar-refractivity contribution >= 4 is 35.2 Å². The van der Waals surface area contributed by atoms with Crippen molar-refractivity contribution in [1.82, 2.24) is 15.3 Å². The predicted octanol–water partition coefficient (Wildman–Crippen LogP) is 3.59. The number of likely N-dealkylation sites (tertiary alicyclic amines) is 1. The summed E-state index contributed by atoms with van der Waals surface area (Å²) in [6.07, 6.45) is -0.530. The zero-order chi connectivity index (χ0) is 19.7. The molecule has 2 aromatic rings. The minimum atomic E-state index is -0.530. The van der Waals surface area contributed by atoms with Gasteiger partial charge in [0.05, 0.1) is 0 Å². The van der Waals surface area contributed by atoms with Gasteiger partial charge < -0.3 is 15.1 Å². The van der Waals surface area contributed by atoms with Crippen molar-refractivity contribution in [3.63, 3.8) is 0 Å². The first-order chi connectivity index (χ1) is 13.4. The van der Waals surface area contributed by atoms with E-state index in [4.69, 9.17) is 28.0 Å². The van der Waals surface area contributed by atoms with Crippen molar-refractivity contribution < 1.29 is 14.4 Å². The molecular weight excluding hydrogens is 401 g/mol. The monoisotopic (exact) mass is 419 g/mol. The Balaban J connectivity index is 1.19. The Labute approximate surface area is 172 Å². The molecule has 6 nitrogen and oxygen atoms in total. The molecule has 2 aliphatic rings. The highest BCUT2D eigenvalue weighted by Gasteiger charge is 2.54. The van der Waals surface area contributed by atoms with Gasteiger partial charge in [0.15, 0.2) is 0 Å². The minimum absolute atomic E-state index is 0.0320. The van der Waals surface area contributed by atoms with E-state index >= 15 is 0 Å². The maximum atomic E-state index is 12.4. The first-order valence-electron chi connectivity index (χ1n) is 8.93. The molecule has 0 radical (unpaired) electrons. The number of benzene rings is 2. The second-order valence-corrected chi connectivity index (χ2v) is 8.14. The largest absolute Gasteiger partial charge is 0.426 e. The number of hydroxylamine groups is 2. The van der Waals surface area contributed by atoms with Gasteiger partial charge in [-0.15, -0.1) is 5.06 Å². The lowest BCUT2D eigenvalue weighted by atomic mass is 9.74. The summed E-state index contributed by atoms with van der Waals surface area (Å²) in [6.45, 7) is 2.87. The molecule has 0 saturated carbocycles. The Kier molecular flexibility index (Phi) is 5.19. The number of carbonyl (C=O) groups excluding carboxylic acids is 2. The first kappa shape index (κ1) is 19.1. The van der Waals surface area contributed by atoms with Crippen molar-refractivity contribution in [3.8, 4) is 0 Å². The molecule has 2 saturated heterocycles. The lowest BCUT2D eigenvalue weighted by molar-refractivity contribution is -0.237. The number of amides is 2. The van der Waals surface area contributed by atoms with Crippen LogP contribution in [0.4, 0.5) is 4.79 Å². The van der Waals surface area contributed by atoms with Crippen LogP contribution in [0.1, 0.15) is 15.9 Å². The molecule has 2 aliphatic heterocycles. The number of nitrogens with one attached hydrogen (secondary N) is 1. The Hall–Kier alpha value is -2.28. The van der Waals surface area contributed by atoms with Crippen molar-refractivity contribution in [2.24, 2.45) is 5.41 Å². The molecule has 0 bridgehead atoms. The van der Waals surface area contributed by atoms with Gasteiger partial charge in [-0.1, -0.05) is 47.5 Å². The fourth-order valence-corrected chi connectivity index (χ4v) is 4.09. The molecule has 0 atom stereocenters. The van der Waals surface area contributed by atoms with Crippen LogP contribution in [0.2, 0.25) is 10.0 Å². The fraction of sp³-hybridized carbons (Fsp3) is 0.300. The molecule has 2 aromatic carbocycles. The smallest absolute Gasteiger partial charge is 0.351 e. The van der Waals surface area contributed by atoms with E-state index in [9.17, 15) is 9.59 Å². The summed E-state index contributed by atoms with van der Waals surface area (Å²) in [4.78, 5) is 31.5. The second-order valence-electron chi connectivity index (χ2n) is 7.29. The topological polar surface area (TPSA) is 61.9 Å². The molecule has 8 heteroatoms. The van der Waals surface area contributed by atoms with Gasteiger partial charge in [0, 0.05) is 53.7 Å². The summed E-state index contributed by atoms with van der Waals surface area (Å²) in [7, 11) is 0. The second kappa shape index (κ2) is 7.62. The fourth-order valence-electron chi connectivity index (χ4n) is 3.62. The van der Waals surface area contributed by atoms with Crippen LogP contribution in [0.15, 0.2) is 48.5 Å². The van der Waals surface area contributed by atoms with E-state index in [1.54, 1.807) is 23.3 Å². The van der Waals surface area contributed by atoms with E-state index in [0.717, 1.165) is 5.56 Å². The van der Waals surface area contributed by atoms with Gasteiger partial charge in [-0.25, -0.2) is 4.79 Å². The average Bonchev–Trinajstić information content (AvgIpc) is 2.62. The Morgan fingerprint density at radius 3 is 2.43 bits per heavy atom. The lowest BCUT2D eigenvalue weighted by Crippen LogP contribution is -2.73. The number of carbonyl (C=O) groups is 2. The first-order valence-corrected chi connectivity index (χ1v) is 9.69. The summed E-state index contributed by atoms with van der Waals surface area (Å²) in [5.74, 6) is 0.0446. The molecule has 0 aromatic heterocycles. The molecule has 28 heavy (non-hydrogen) atoms. The normalized spacial score (nSPS) is 17.6. The highest BCUT2D eigenvalue weighted by molar-refractivity contribution is 6.35. The molecule has 4 rings (SSSR count). The van der Waals surface area contributed by atoms with Gasteiger partial charge in [0.1, 0.15) is 0 Å². The van der Waals surface area contributed by atoms with Crippen LogP contribution in [0, 0.1) is 5.41 Å². The molecular formula is C20H19Cl2N3O3. The molecule has 1 N–H and O–H groups in total. The van der Waals surface area contributed by atoms with Gasteiger partial charge in [0.2, 0.25) is 0 Å². The number of rotatable bonds is 4. The molecule has 2 amide bonds. The SMILES string of the molecule is O=C(NCc1ccc(Cl)cc1Cl)ON1CC2(C1)CN(C(=O)c1ccccc1)C2. The molecule has 2 fully saturated rings. The number of hydrogen-bond acceptors (Lipinski definition) is 4. The predicted molar refractivity (Wildman–Crippen MR) is 106 cm³/mol. The van der Waals surface area contributed by atoms with Gasteiger partial charge in [-0.2, -0.15) is 0 Å². The Morgan fingerprint density at radius 1 is 1.04 bits per heavy atom. The van der Waals surface area contributed by atoms with Gasteiger partial charge in [0.25, 0.3) is 5.91 Å². The third-order valence-electron chi connectivity index (χ3n) is 5.03. The van der Waals surface area contributed by atoms with Gasteiger partial charge in [-0.3, -0.25) is 4.79 Å². The van der Waals surface area contributed by atoms with Crippen LogP contribution in [0.5, 0.6) is 0 Å². The summed E-state index contributed by atoms with van der Waals surface area (Å²) in [6, 6.07) is 14.4. The third-order valence-corrected chi connectivity index (χ3v) is 5.62. The summed E-state index contributed by atoms with van der Waals surface area (Å²) >= 11 is 11.9. The van der Waals surface area contributed by atoms with Crippen LogP contribution in [-0.4, -0.2) is 48.1 Å². The van der Waals surface area contributed by atoms with Crippen LogP contribution in [-0.2, 0) is 11.4 Å². The highest BCUT2D eigenvalue weighted by Crippen LogP contribution is 2.40. The third kappa shape index (κ3) is 3.94. The van der Waals surface area contributed by atoms with Gasteiger partial charge in [-0.05, 0) is 29.8 Å². The number of nitrogens with zero attached hydrogens (tertiary/aromatic N) is 2. The zero-order valence-corrected chi connectivity index (χ0v) is 16.5. The molecule has 0 aliphatic carbocycles. The van der Waals surface area contributed by atoms with Crippen LogP contribution in [0.25, 0.3) is 0 Å². The average molecular weight is 420 g/mol. The molecule has 0 unspecified atom stereocenters. The van der Waals surface area contributed by atoms with E-state index in [1.807, 2.05) is 35.2 Å². The highest BCUT2D eigenvalue weighted by atomic mass is 35.5. The van der Waals surface area contributed by atoms with Crippen molar-refractivity contribution in [2.75, 3.05) is 26.2 Å². The standard InChI is InChI=1S/C20H19Cl2N3O3/c21-16-7-6-15(17(22)8-16)9-23-19(27)28-25-12-20(13-25)10-24(11-20)18(26)14-4-2-1-3-5-14/h1-8H,9-13H2,(H,23,27).